The Labute approximate surface area is 162 Å². The van der Waals surface area contributed by atoms with Gasteiger partial charge in [0.1, 0.15) is 11.1 Å². The van der Waals surface area contributed by atoms with Gasteiger partial charge in [-0.05, 0) is 24.4 Å². The maximum atomic E-state index is 12.4. The first-order valence-corrected chi connectivity index (χ1v) is 9.76. The second kappa shape index (κ2) is 7.26. The molecule has 0 fully saturated rings. The molecule has 1 atom stereocenters. The predicted molar refractivity (Wildman–Crippen MR) is 105 cm³/mol. The van der Waals surface area contributed by atoms with E-state index in [2.05, 4.69) is 20.5 Å². The summed E-state index contributed by atoms with van der Waals surface area (Å²) >= 11 is 2.48. The largest absolute Gasteiger partial charge is 0.411 e. The number of thioether (sulfide) groups is 1. The average Bonchev–Trinajstić information content (AvgIpc) is 3.40. The maximum absolute atomic E-state index is 12.4. The molecule has 27 heavy (non-hydrogen) atoms. The third kappa shape index (κ3) is 3.45. The molecule has 1 aromatic carbocycles. The number of hydrogen-bond donors (Lipinski definition) is 2. The molecule has 0 bridgehead atoms. The Balaban J connectivity index is 1.47. The number of para-hydroxylation sites is 1. The molecular weight excluding hydrogens is 382 g/mol. The Bertz CT molecular complexity index is 1150. The topological polar surface area (TPSA) is 108 Å². The van der Waals surface area contributed by atoms with Crippen molar-refractivity contribution in [2.75, 3.05) is 5.32 Å². The standard InChI is InChI=1S/C18H13N5O2S2/c1-10(15(24)21-17-11(8-19)6-7-26-17)27-18-23-22-16(25-18)13-9-20-14-5-3-2-4-12(13)14/h2-7,9-10,20H,1H3,(H,21,24)/t10-/m0/s1. The lowest BCUT2D eigenvalue weighted by atomic mass is 10.2. The highest BCUT2D eigenvalue weighted by Crippen LogP contribution is 2.31. The molecule has 9 heteroatoms. The number of benzene rings is 1. The fourth-order valence-corrected chi connectivity index (χ4v) is 3.95. The number of aromatic nitrogens is 3. The first kappa shape index (κ1) is 17.3. The summed E-state index contributed by atoms with van der Waals surface area (Å²) in [6, 6.07) is 11.6. The second-order valence-electron chi connectivity index (χ2n) is 5.65. The number of hydrogen-bond acceptors (Lipinski definition) is 7. The lowest BCUT2D eigenvalue weighted by molar-refractivity contribution is -0.115. The third-order valence-corrected chi connectivity index (χ3v) is 5.66. The number of aromatic amines is 1. The van der Waals surface area contributed by atoms with E-state index in [1.54, 1.807) is 18.4 Å². The van der Waals surface area contributed by atoms with Crippen LogP contribution in [0.5, 0.6) is 0 Å². The number of carbonyl (C=O) groups excluding carboxylic acids is 1. The highest BCUT2D eigenvalue weighted by atomic mass is 32.2. The molecule has 2 N–H and O–H groups in total. The summed E-state index contributed by atoms with van der Waals surface area (Å²) in [7, 11) is 0. The van der Waals surface area contributed by atoms with Crippen LogP contribution in [0.1, 0.15) is 12.5 Å². The van der Waals surface area contributed by atoms with Crippen LogP contribution in [0.25, 0.3) is 22.4 Å². The van der Waals surface area contributed by atoms with E-state index in [9.17, 15) is 4.79 Å². The minimum absolute atomic E-state index is 0.231. The Morgan fingerprint density at radius 1 is 1.37 bits per heavy atom. The Hall–Kier alpha value is -3.09. The number of H-pyrrole nitrogens is 1. The number of rotatable bonds is 5. The van der Waals surface area contributed by atoms with Crippen LogP contribution < -0.4 is 5.32 Å². The molecule has 3 heterocycles. The van der Waals surface area contributed by atoms with E-state index in [0.717, 1.165) is 16.5 Å². The number of fused-ring (bicyclic) bond motifs is 1. The Kier molecular flexibility index (Phi) is 4.66. The normalized spacial score (nSPS) is 12.0. The van der Waals surface area contributed by atoms with Crippen molar-refractivity contribution in [2.24, 2.45) is 0 Å². The van der Waals surface area contributed by atoms with Gasteiger partial charge in [0.05, 0.1) is 16.4 Å². The van der Waals surface area contributed by atoms with Gasteiger partial charge < -0.3 is 14.7 Å². The van der Waals surface area contributed by atoms with Gasteiger partial charge in [0.2, 0.25) is 5.91 Å². The van der Waals surface area contributed by atoms with E-state index in [-0.39, 0.29) is 5.91 Å². The van der Waals surface area contributed by atoms with E-state index < -0.39 is 5.25 Å². The number of thiophene rings is 1. The van der Waals surface area contributed by atoms with Crippen LogP contribution in [0, 0.1) is 11.3 Å². The minimum atomic E-state index is -0.463. The van der Waals surface area contributed by atoms with Gasteiger partial charge in [0, 0.05) is 17.1 Å². The van der Waals surface area contributed by atoms with Gasteiger partial charge in [-0.1, -0.05) is 30.0 Å². The molecule has 7 nitrogen and oxygen atoms in total. The smallest absolute Gasteiger partial charge is 0.277 e. The molecule has 0 unspecified atom stereocenters. The highest BCUT2D eigenvalue weighted by Gasteiger charge is 2.21. The quantitative estimate of drug-likeness (QED) is 0.489. The monoisotopic (exact) mass is 395 g/mol. The van der Waals surface area contributed by atoms with Gasteiger partial charge in [0.25, 0.3) is 11.1 Å². The lowest BCUT2D eigenvalue weighted by Crippen LogP contribution is -2.22. The molecule has 1 amide bonds. The summed E-state index contributed by atoms with van der Waals surface area (Å²) in [5.41, 5.74) is 2.25. The van der Waals surface area contributed by atoms with Crippen LogP contribution in [0.4, 0.5) is 5.00 Å². The van der Waals surface area contributed by atoms with Crippen molar-refractivity contribution in [3.63, 3.8) is 0 Å². The van der Waals surface area contributed by atoms with E-state index >= 15 is 0 Å². The van der Waals surface area contributed by atoms with Crippen LogP contribution in [-0.2, 0) is 4.79 Å². The summed E-state index contributed by atoms with van der Waals surface area (Å²) < 4.78 is 5.73. The predicted octanol–water partition coefficient (Wildman–Crippen LogP) is 4.27. The van der Waals surface area contributed by atoms with Gasteiger partial charge in [-0.3, -0.25) is 4.79 Å². The van der Waals surface area contributed by atoms with Crippen LogP contribution in [-0.4, -0.2) is 26.3 Å². The molecule has 0 radical (unpaired) electrons. The molecule has 0 aliphatic heterocycles. The average molecular weight is 395 g/mol. The first-order valence-electron chi connectivity index (χ1n) is 8.01. The lowest BCUT2D eigenvalue weighted by Gasteiger charge is -2.08. The molecule has 4 aromatic rings. The van der Waals surface area contributed by atoms with Crippen molar-refractivity contribution in [1.82, 2.24) is 15.2 Å². The van der Waals surface area contributed by atoms with Crippen molar-refractivity contribution in [1.29, 1.82) is 5.26 Å². The molecule has 0 spiro atoms. The highest BCUT2D eigenvalue weighted by molar-refractivity contribution is 8.00. The SMILES string of the molecule is C[C@H](Sc1nnc(-c2c[nH]c3ccccc23)o1)C(=O)Nc1sccc1C#N. The van der Waals surface area contributed by atoms with E-state index in [1.807, 2.05) is 36.5 Å². The Morgan fingerprint density at radius 3 is 3.07 bits per heavy atom. The molecule has 134 valence electrons. The summed E-state index contributed by atoms with van der Waals surface area (Å²) in [6.07, 6.45) is 1.82. The molecule has 4 rings (SSSR count). The molecule has 0 saturated heterocycles. The third-order valence-electron chi connectivity index (χ3n) is 3.90. The van der Waals surface area contributed by atoms with E-state index in [1.165, 1.54) is 23.1 Å². The molecule has 3 aromatic heterocycles. The second-order valence-corrected chi connectivity index (χ2v) is 7.85. The number of anilines is 1. The van der Waals surface area contributed by atoms with Crippen LogP contribution in [0.15, 0.2) is 51.5 Å². The molecule has 0 aliphatic carbocycles. The fraction of sp³-hybridized carbons (Fsp3) is 0.111. The summed E-state index contributed by atoms with van der Waals surface area (Å²) in [5.74, 6) is 0.165. The zero-order valence-electron chi connectivity index (χ0n) is 14.1. The van der Waals surface area contributed by atoms with Gasteiger partial charge >= 0.3 is 0 Å². The number of nitriles is 1. The number of carbonyl (C=O) groups is 1. The van der Waals surface area contributed by atoms with E-state index in [0.29, 0.717) is 21.7 Å². The van der Waals surface area contributed by atoms with Crippen molar-refractivity contribution in [3.05, 3.63) is 47.5 Å². The van der Waals surface area contributed by atoms with Crippen LogP contribution >= 0.6 is 23.1 Å². The molecule has 0 saturated carbocycles. The maximum Gasteiger partial charge on any atom is 0.277 e. The molecule has 0 aliphatic rings. The van der Waals surface area contributed by atoms with Gasteiger partial charge in [-0.15, -0.1) is 21.5 Å². The van der Waals surface area contributed by atoms with Gasteiger partial charge in [-0.25, -0.2) is 0 Å². The number of amides is 1. The number of nitrogens with one attached hydrogen (secondary N) is 2. The van der Waals surface area contributed by atoms with Gasteiger partial charge in [-0.2, -0.15) is 5.26 Å². The summed E-state index contributed by atoms with van der Waals surface area (Å²) in [6.45, 7) is 1.75. The zero-order chi connectivity index (χ0) is 18.8. The van der Waals surface area contributed by atoms with Crippen LogP contribution in [0.3, 0.4) is 0 Å². The Morgan fingerprint density at radius 2 is 2.22 bits per heavy atom. The fourth-order valence-electron chi connectivity index (χ4n) is 2.53. The van der Waals surface area contributed by atoms with Crippen molar-refractivity contribution in [2.45, 2.75) is 17.4 Å². The summed E-state index contributed by atoms with van der Waals surface area (Å²) in [5, 5.41) is 23.1. The summed E-state index contributed by atoms with van der Waals surface area (Å²) in [4.78, 5) is 15.5. The number of nitrogens with zero attached hydrogens (tertiary/aromatic N) is 3. The van der Waals surface area contributed by atoms with Crippen molar-refractivity contribution >= 4 is 44.9 Å². The van der Waals surface area contributed by atoms with Crippen molar-refractivity contribution in [3.8, 4) is 17.5 Å². The van der Waals surface area contributed by atoms with Crippen molar-refractivity contribution < 1.29 is 9.21 Å². The molecular formula is C18H13N5O2S2. The zero-order valence-corrected chi connectivity index (χ0v) is 15.7. The van der Waals surface area contributed by atoms with E-state index in [4.69, 9.17) is 9.68 Å². The van der Waals surface area contributed by atoms with Crippen LogP contribution in [0.2, 0.25) is 0 Å². The first-order chi connectivity index (χ1) is 13.2. The van der Waals surface area contributed by atoms with Gasteiger partial charge in [0.15, 0.2) is 0 Å². The minimum Gasteiger partial charge on any atom is -0.411 e.